The van der Waals surface area contributed by atoms with Gasteiger partial charge in [-0.15, -0.1) is 0 Å². The van der Waals surface area contributed by atoms with E-state index in [1.165, 1.54) is 31.3 Å². The van der Waals surface area contributed by atoms with Crippen molar-refractivity contribution in [2.45, 2.75) is 122 Å². The van der Waals surface area contributed by atoms with Gasteiger partial charge in [0, 0.05) is 36.7 Å². The second kappa shape index (κ2) is 13.1. The van der Waals surface area contributed by atoms with Crippen LogP contribution in [0, 0.1) is 29.1 Å². The van der Waals surface area contributed by atoms with Crippen LogP contribution in [0.3, 0.4) is 0 Å². The number of nitrogens with zero attached hydrogens (tertiary/aromatic N) is 3. The number of aliphatic hydroxyl groups is 2. The van der Waals surface area contributed by atoms with Crippen LogP contribution in [0.1, 0.15) is 120 Å². The lowest BCUT2D eigenvalue weighted by Crippen LogP contribution is -2.36. The fourth-order valence-electron chi connectivity index (χ4n) is 9.31. The number of carbonyl (C=O) groups is 1. The Kier molecular flexibility index (Phi) is 9.31. The smallest absolute Gasteiger partial charge is 0.233 e. The summed E-state index contributed by atoms with van der Waals surface area (Å²) in [7, 11) is 0. The van der Waals surface area contributed by atoms with Crippen molar-refractivity contribution in [3.8, 4) is 0 Å². The van der Waals surface area contributed by atoms with Crippen LogP contribution in [0.2, 0.25) is 0 Å². The normalized spacial score (nSPS) is 32.4. The van der Waals surface area contributed by atoms with Crippen LogP contribution >= 0.6 is 0 Å². The van der Waals surface area contributed by atoms with Gasteiger partial charge < -0.3 is 14.7 Å². The Morgan fingerprint density at radius 3 is 2.67 bits per heavy atom. The number of ketones is 1. The van der Waals surface area contributed by atoms with Crippen LogP contribution in [-0.4, -0.2) is 43.3 Å². The van der Waals surface area contributed by atoms with Gasteiger partial charge in [0.1, 0.15) is 0 Å². The van der Waals surface area contributed by atoms with E-state index in [1.807, 2.05) is 12.1 Å². The van der Waals surface area contributed by atoms with Gasteiger partial charge in [-0.3, -0.25) is 9.78 Å². The highest BCUT2D eigenvalue weighted by Crippen LogP contribution is 2.61. The Morgan fingerprint density at radius 2 is 1.93 bits per heavy atom. The minimum atomic E-state index is -0.658. The van der Waals surface area contributed by atoms with Crippen molar-refractivity contribution in [2.24, 2.45) is 29.1 Å². The van der Waals surface area contributed by atoms with Crippen LogP contribution in [0.15, 0.2) is 64.5 Å². The Labute approximate surface area is 268 Å². The van der Waals surface area contributed by atoms with E-state index >= 15 is 0 Å². The van der Waals surface area contributed by atoms with Gasteiger partial charge in [-0.2, -0.15) is 4.98 Å². The maximum atomic E-state index is 14.1. The zero-order valence-electron chi connectivity index (χ0n) is 27.4. The standard InChI is InChI=1S/C38H51N3O4/c1-5-7-34-40-36(45-41-34)38(18-19-38)32(35(44)27-15-20-39-21-16-27)12-9-24(2)30-13-14-31-26(8-6-17-37(30,31)4)10-11-28-22-29(42)23-33(43)25(28)3/h10-11,15-16,20-21,24,29-33,42-43H,3,5-9,12-14,17-19,22-23H2,1-2,4H3/t24-,29-,30-,31+,32+,33+,37-/m1/s1. The number of fused-ring (bicyclic) bond motifs is 1. The van der Waals surface area contributed by atoms with Crippen molar-refractivity contribution >= 4 is 5.78 Å². The summed E-state index contributed by atoms with van der Waals surface area (Å²) in [6.07, 6.45) is 18.9. The van der Waals surface area contributed by atoms with Crippen molar-refractivity contribution in [1.82, 2.24) is 15.1 Å². The number of aryl methyl sites for hydroxylation is 1. The lowest BCUT2D eigenvalue weighted by molar-refractivity contribution is 0.0789. The van der Waals surface area contributed by atoms with Gasteiger partial charge in [0.05, 0.1) is 17.6 Å². The maximum absolute atomic E-state index is 14.1. The largest absolute Gasteiger partial charge is 0.393 e. The van der Waals surface area contributed by atoms with Gasteiger partial charge in [0.25, 0.3) is 0 Å². The molecule has 0 amide bonds. The molecule has 2 N–H and O–H groups in total. The van der Waals surface area contributed by atoms with E-state index < -0.39 is 12.2 Å². The van der Waals surface area contributed by atoms with Crippen LogP contribution in [0.4, 0.5) is 0 Å². The van der Waals surface area contributed by atoms with Crippen molar-refractivity contribution in [3.63, 3.8) is 0 Å². The van der Waals surface area contributed by atoms with Gasteiger partial charge in [0.2, 0.25) is 5.89 Å². The molecule has 2 heterocycles. The summed E-state index contributed by atoms with van der Waals surface area (Å²) in [5.41, 5.74) is 3.82. The zero-order valence-corrected chi connectivity index (χ0v) is 27.4. The van der Waals surface area contributed by atoms with Crippen LogP contribution in [0.5, 0.6) is 0 Å². The SMILES string of the molecule is C=C1C(=CC=C2CCC[C@]3(C)[C@@H]([C@H](C)CC[C@@H](C(=O)c4ccncc4)C4(c5nc(CCC)no5)CC4)CC[C@@H]23)C[C@@H](O)C[C@@H]1O. The Bertz CT molecular complexity index is 1440. The van der Waals surface area contributed by atoms with Crippen LogP contribution in [0.25, 0.3) is 0 Å². The van der Waals surface area contributed by atoms with E-state index in [1.54, 1.807) is 12.4 Å². The Hall–Kier alpha value is -2.90. The summed E-state index contributed by atoms with van der Waals surface area (Å²) < 4.78 is 5.83. The first-order chi connectivity index (χ1) is 21.7. The van der Waals surface area contributed by atoms with Gasteiger partial charge in [-0.25, -0.2) is 0 Å². The molecule has 4 aliphatic carbocycles. The van der Waals surface area contributed by atoms with Crippen LogP contribution in [-0.2, 0) is 11.8 Å². The lowest BCUT2D eigenvalue weighted by Gasteiger charge is -2.44. The molecular weight excluding hydrogens is 562 g/mol. The third-order valence-corrected chi connectivity index (χ3v) is 12.0. The highest BCUT2D eigenvalue weighted by atomic mass is 16.5. The molecule has 0 unspecified atom stereocenters. The number of carbonyl (C=O) groups excluding carboxylic acids is 1. The van der Waals surface area contributed by atoms with Gasteiger partial charge in [-0.1, -0.05) is 50.2 Å². The molecule has 7 nitrogen and oxygen atoms in total. The molecule has 0 radical (unpaired) electrons. The first-order valence-electron chi connectivity index (χ1n) is 17.4. The molecule has 242 valence electrons. The predicted molar refractivity (Wildman–Crippen MR) is 174 cm³/mol. The fourth-order valence-corrected chi connectivity index (χ4v) is 9.31. The average molecular weight is 614 g/mol. The summed E-state index contributed by atoms with van der Waals surface area (Å²) in [5, 5.41) is 24.8. The molecule has 2 aromatic rings. The molecule has 0 saturated heterocycles. The van der Waals surface area contributed by atoms with Crippen molar-refractivity contribution in [1.29, 1.82) is 0 Å². The molecule has 45 heavy (non-hydrogen) atoms. The molecule has 6 rings (SSSR count). The van der Waals surface area contributed by atoms with Crippen molar-refractivity contribution in [3.05, 3.63) is 77.3 Å². The minimum Gasteiger partial charge on any atom is -0.393 e. The molecule has 7 heteroatoms. The summed E-state index contributed by atoms with van der Waals surface area (Å²) in [6.45, 7) is 11.1. The van der Waals surface area contributed by atoms with E-state index in [4.69, 9.17) is 9.51 Å². The molecule has 0 aromatic carbocycles. The molecule has 0 aliphatic heterocycles. The number of aromatic nitrogens is 3. The lowest BCUT2D eigenvalue weighted by atomic mass is 9.60. The molecule has 0 spiro atoms. The fraction of sp³-hybridized carbons (Fsp3) is 0.632. The number of allylic oxidation sites excluding steroid dienone is 3. The maximum Gasteiger partial charge on any atom is 0.233 e. The summed E-state index contributed by atoms with van der Waals surface area (Å²) in [4.78, 5) is 23.0. The first-order valence-corrected chi connectivity index (χ1v) is 17.4. The van der Waals surface area contributed by atoms with Crippen molar-refractivity contribution < 1.29 is 19.5 Å². The first kappa shape index (κ1) is 32.1. The number of aliphatic hydroxyl groups excluding tert-OH is 2. The summed E-state index contributed by atoms with van der Waals surface area (Å²) in [6, 6.07) is 3.67. The summed E-state index contributed by atoms with van der Waals surface area (Å²) >= 11 is 0. The molecule has 7 atom stereocenters. The van der Waals surface area contributed by atoms with E-state index in [0.29, 0.717) is 42.0 Å². The molecule has 4 saturated carbocycles. The monoisotopic (exact) mass is 613 g/mol. The molecule has 4 aliphatic rings. The van der Waals surface area contributed by atoms with E-state index in [9.17, 15) is 15.0 Å². The minimum absolute atomic E-state index is 0.170. The number of Topliss-reactive ketones (excluding diaryl/α,β-unsaturated/α-hetero) is 1. The topological polar surface area (TPSA) is 109 Å². The average Bonchev–Trinajstić information content (AvgIpc) is 3.53. The van der Waals surface area contributed by atoms with E-state index in [2.05, 4.69) is 49.6 Å². The Morgan fingerprint density at radius 1 is 1.16 bits per heavy atom. The van der Waals surface area contributed by atoms with E-state index in [-0.39, 0.29) is 22.5 Å². The Balaban J connectivity index is 1.19. The quantitative estimate of drug-likeness (QED) is 0.253. The zero-order chi connectivity index (χ0) is 31.8. The number of pyridine rings is 1. The third kappa shape index (κ3) is 6.27. The molecule has 2 aromatic heterocycles. The third-order valence-electron chi connectivity index (χ3n) is 12.0. The second-order valence-corrected chi connectivity index (χ2v) is 14.8. The van der Waals surface area contributed by atoms with Crippen molar-refractivity contribution in [2.75, 3.05) is 0 Å². The predicted octanol–water partition coefficient (Wildman–Crippen LogP) is 7.51. The number of rotatable bonds is 11. The highest BCUT2D eigenvalue weighted by Gasteiger charge is 2.58. The van der Waals surface area contributed by atoms with E-state index in [0.717, 1.165) is 61.9 Å². The highest BCUT2D eigenvalue weighted by molar-refractivity contribution is 5.99. The van der Waals surface area contributed by atoms with Gasteiger partial charge in [-0.05, 0) is 117 Å². The summed E-state index contributed by atoms with van der Waals surface area (Å²) in [5.74, 6) is 3.00. The van der Waals surface area contributed by atoms with Crippen LogP contribution < -0.4 is 0 Å². The number of hydrogen-bond donors (Lipinski definition) is 2. The van der Waals surface area contributed by atoms with Gasteiger partial charge >= 0.3 is 0 Å². The number of hydrogen-bond acceptors (Lipinski definition) is 7. The van der Waals surface area contributed by atoms with Gasteiger partial charge in [0.15, 0.2) is 11.6 Å². The molecule has 0 bridgehead atoms. The molecular formula is C38H51N3O4. The second-order valence-electron chi connectivity index (χ2n) is 14.8. The molecule has 4 fully saturated rings.